The highest BCUT2D eigenvalue weighted by atomic mass is 35.5. The number of furan rings is 1. The lowest BCUT2D eigenvalue weighted by Crippen LogP contribution is -2.11. The summed E-state index contributed by atoms with van der Waals surface area (Å²) in [4.78, 5) is 22.0. The van der Waals surface area contributed by atoms with Gasteiger partial charge in [0.2, 0.25) is 5.78 Å². The molecule has 1 unspecified atom stereocenters. The van der Waals surface area contributed by atoms with Crippen LogP contribution in [0, 0.1) is 21.4 Å². The van der Waals surface area contributed by atoms with Gasteiger partial charge in [0.1, 0.15) is 10.8 Å². The number of nitro groups is 1. The number of carbonyl (C=O) groups is 1. The maximum Gasteiger partial charge on any atom is 0.433 e. The molecule has 1 heterocycles. The Balaban J connectivity index is 2.38. The first-order valence-corrected chi connectivity index (χ1v) is 6.32. The van der Waals surface area contributed by atoms with Gasteiger partial charge in [-0.15, -0.1) is 0 Å². The van der Waals surface area contributed by atoms with Crippen LogP contribution in [0.4, 0.5) is 5.88 Å². The first-order chi connectivity index (χ1) is 9.93. The lowest BCUT2D eigenvalue weighted by atomic mass is 9.95. The summed E-state index contributed by atoms with van der Waals surface area (Å²) in [6.07, 6.45) is 0. The highest BCUT2D eigenvalue weighted by molar-refractivity contribution is 6.35. The van der Waals surface area contributed by atoms with Gasteiger partial charge < -0.3 is 4.42 Å². The van der Waals surface area contributed by atoms with E-state index in [1.165, 1.54) is 18.2 Å². The molecule has 6 nitrogen and oxygen atoms in total. The molecule has 0 saturated carbocycles. The SMILES string of the molecule is N#CC(C(=O)c1ccc([N+](=O)[O-])o1)c1ccc(Cl)cc1Cl. The fourth-order valence-corrected chi connectivity index (χ4v) is 2.22. The molecule has 8 heteroatoms. The van der Waals surface area contributed by atoms with E-state index in [9.17, 15) is 20.2 Å². The Morgan fingerprint density at radius 3 is 2.57 bits per heavy atom. The minimum Gasteiger partial charge on any atom is -0.397 e. The summed E-state index contributed by atoms with van der Waals surface area (Å²) in [6.45, 7) is 0. The lowest BCUT2D eigenvalue weighted by molar-refractivity contribution is -0.402. The van der Waals surface area contributed by atoms with Crippen LogP contribution in [0.25, 0.3) is 0 Å². The number of hydrogen-bond acceptors (Lipinski definition) is 5. The Morgan fingerprint density at radius 1 is 1.33 bits per heavy atom. The third kappa shape index (κ3) is 3.05. The van der Waals surface area contributed by atoms with Crippen LogP contribution in [0.5, 0.6) is 0 Å². The Hall–Kier alpha value is -2.36. The van der Waals surface area contributed by atoms with Crippen LogP contribution in [0.2, 0.25) is 10.0 Å². The molecule has 1 atom stereocenters. The van der Waals surface area contributed by atoms with Crippen LogP contribution in [0.3, 0.4) is 0 Å². The second kappa shape index (κ2) is 5.95. The van der Waals surface area contributed by atoms with Crippen LogP contribution >= 0.6 is 23.2 Å². The Bertz CT molecular complexity index is 764. The summed E-state index contributed by atoms with van der Waals surface area (Å²) >= 11 is 11.7. The van der Waals surface area contributed by atoms with Gasteiger partial charge in [-0.3, -0.25) is 14.9 Å². The molecule has 0 radical (unpaired) electrons. The monoisotopic (exact) mass is 324 g/mol. The fourth-order valence-electron chi connectivity index (χ4n) is 1.71. The molecule has 106 valence electrons. The molecule has 21 heavy (non-hydrogen) atoms. The van der Waals surface area contributed by atoms with Gasteiger partial charge in [-0.1, -0.05) is 29.3 Å². The molecule has 0 aliphatic heterocycles. The van der Waals surface area contributed by atoms with E-state index < -0.39 is 22.5 Å². The normalized spacial score (nSPS) is 11.7. The summed E-state index contributed by atoms with van der Waals surface area (Å²) in [7, 11) is 0. The zero-order valence-electron chi connectivity index (χ0n) is 10.2. The van der Waals surface area contributed by atoms with Gasteiger partial charge in [-0.2, -0.15) is 5.26 Å². The molecule has 1 aromatic heterocycles. The number of halogens is 2. The van der Waals surface area contributed by atoms with Crippen molar-refractivity contribution in [3.8, 4) is 6.07 Å². The first kappa shape index (κ1) is 15.0. The Labute approximate surface area is 128 Å². The van der Waals surface area contributed by atoms with E-state index in [0.29, 0.717) is 5.02 Å². The van der Waals surface area contributed by atoms with Crippen molar-refractivity contribution in [3.63, 3.8) is 0 Å². The minimum absolute atomic E-state index is 0.156. The van der Waals surface area contributed by atoms with Crippen LogP contribution in [0.1, 0.15) is 22.0 Å². The predicted octanol–water partition coefficient (Wildman–Crippen LogP) is 3.98. The van der Waals surface area contributed by atoms with Crippen LogP contribution in [0.15, 0.2) is 34.7 Å². The molecular weight excluding hydrogens is 319 g/mol. The van der Waals surface area contributed by atoms with Crippen molar-refractivity contribution in [2.75, 3.05) is 0 Å². The van der Waals surface area contributed by atoms with Gasteiger partial charge in [0.15, 0.2) is 5.76 Å². The number of ketones is 1. The van der Waals surface area contributed by atoms with E-state index in [0.717, 1.165) is 12.1 Å². The summed E-state index contributed by atoms with van der Waals surface area (Å²) in [6, 6.07) is 8.35. The second-order valence-corrected chi connectivity index (χ2v) is 4.83. The van der Waals surface area contributed by atoms with Crippen molar-refractivity contribution < 1.29 is 14.1 Å². The number of Topliss-reactive ketones (excluding diaryl/α,β-unsaturated/α-hetero) is 1. The van der Waals surface area contributed by atoms with Crippen LogP contribution in [-0.2, 0) is 0 Å². The number of nitriles is 1. The van der Waals surface area contributed by atoms with E-state index in [1.807, 2.05) is 6.07 Å². The zero-order valence-corrected chi connectivity index (χ0v) is 11.8. The summed E-state index contributed by atoms with van der Waals surface area (Å²) in [5, 5.41) is 20.2. The van der Waals surface area contributed by atoms with Crippen LogP contribution in [-0.4, -0.2) is 10.7 Å². The van der Waals surface area contributed by atoms with Gasteiger partial charge in [-0.05, 0) is 23.8 Å². The standard InChI is InChI=1S/C13H6Cl2N2O4/c14-7-1-2-8(10(15)5-7)9(6-16)13(18)11-3-4-12(21-11)17(19)20/h1-5,9H. The summed E-state index contributed by atoms with van der Waals surface area (Å²) in [5.74, 6) is -2.80. The number of nitrogens with zero attached hydrogens (tertiary/aromatic N) is 2. The first-order valence-electron chi connectivity index (χ1n) is 5.57. The van der Waals surface area contributed by atoms with E-state index in [2.05, 4.69) is 0 Å². The highest BCUT2D eigenvalue weighted by Crippen LogP contribution is 2.30. The second-order valence-electron chi connectivity index (χ2n) is 3.99. The molecule has 0 aliphatic rings. The molecule has 0 N–H and O–H groups in total. The zero-order chi connectivity index (χ0) is 15.6. The third-order valence-electron chi connectivity index (χ3n) is 2.68. The van der Waals surface area contributed by atoms with Gasteiger partial charge >= 0.3 is 5.88 Å². The quantitative estimate of drug-likeness (QED) is 0.481. The highest BCUT2D eigenvalue weighted by Gasteiger charge is 2.28. The van der Waals surface area contributed by atoms with Gasteiger partial charge in [0.25, 0.3) is 0 Å². The molecule has 2 rings (SSSR count). The maximum absolute atomic E-state index is 12.2. The fraction of sp³-hybridized carbons (Fsp3) is 0.0769. The van der Waals surface area contributed by atoms with Gasteiger partial charge in [0.05, 0.1) is 12.1 Å². The molecule has 0 aliphatic carbocycles. The third-order valence-corrected chi connectivity index (χ3v) is 3.24. The molecule has 0 amide bonds. The molecule has 2 aromatic rings. The van der Waals surface area contributed by atoms with Gasteiger partial charge in [0, 0.05) is 10.0 Å². The summed E-state index contributed by atoms with van der Waals surface area (Å²) < 4.78 is 4.81. The molecular formula is C13H6Cl2N2O4. The van der Waals surface area contributed by atoms with E-state index >= 15 is 0 Å². The number of rotatable bonds is 4. The average molecular weight is 325 g/mol. The van der Waals surface area contributed by atoms with Crippen molar-refractivity contribution in [3.05, 3.63) is 61.8 Å². The lowest BCUT2D eigenvalue weighted by Gasteiger charge is -2.09. The molecule has 0 bridgehead atoms. The molecule has 0 saturated heterocycles. The largest absolute Gasteiger partial charge is 0.433 e. The van der Waals surface area contributed by atoms with Crippen molar-refractivity contribution >= 4 is 34.9 Å². The minimum atomic E-state index is -1.24. The molecule has 1 aromatic carbocycles. The topological polar surface area (TPSA) is 97.1 Å². The van der Waals surface area contributed by atoms with Crippen molar-refractivity contribution in [1.82, 2.24) is 0 Å². The van der Waals surface area contributed by atoms with Crippen LogP contribution < -0.4 is 0 Å². The smallest absolute Gasteiger partial charge is 0.397 e. The van der Waals surface area contributed by atoms with E-state index in [1.54, 1.807) is 0 Å². The van der Waals surface area contributed by atoms with E-state index in [4.69, 9.17) is 27.6 Å². The average Bonchev–Trinajstić information content (AvgIpc) is 2.91. The van der Waals surface area contributed by atoms with E-state index in [-0.39, 0.29) is 16.3 Å². The van der Waals surface area contributed by atoms with Crippen molar-refractivity contribution in [2.24, 2.45) is 0 Å². The number of carbonyl (C=O) groups excluding carboxylic acids is 1. The van der Waals surface area contributed by atoms with Crippen molar-refractivity contribution in [1.29, 1.82) is 5.26 Å². The number of hydrogen-bond donors (Lipinski definition) is 0. The maximum atomic E-state index is 12.2. The predicted molar refractivity (Wildman–Crippen MR) is 74.5 cm³/mol. The number of benzene rings is 1. The Morgan fingerprint density at radius 2 is 2.05 bits per heavy atom. The molecule has 0 fully saturated rings. The summed E-state index contributed by atoms with van der Waals surface area (Å²) in [5.41, 5.74) is 0.257. The Kier molecular flexibility index (Phi) is 4.26. The van der Waals surface area contributed by atoms with Crippen molar-refractivity contribution in [2.45, 2.75) is 5.92 Å². The van der Waals surface area contributed by atoms with Gasteiger partial charge in [-0.25, -0.2) is 0 Å². The molecule has 0 spiro atoms.